The van der Waals surface area contributed by atoms with Gasteiger partial charge in [-0.05, 0) is 0 Å². The molecule has 2 N–H and O–H groups in total. The number of rotatable bonds is 3. The van der Waals surface area contributed by atoms with Gasteiger partial charge in [-0.1, -0.05) is 17.7 Å². The molecule has 0 atom stereocenters. The van der Waals surface area contributed by atoms with Crippen LogP contribution in [0.5, 0.6) is 0 Å². The molecule has 0 radical (unpaired) electrons. The molecule has 0 amide bonds. The zero-order valence-corrected chi connectivity index (χ0v) is 7.40. The standard InChI is InChI=1S/C4H7Cl2O3P/c5-2-1-4(6)3-10(7,8)9/h1H,2-3H2,(H2,7,8,9)/b4-1-. The van der Waals surface area contributed by atoms with Crippen molar-refractivity contribution in [3.05, 3.63) is 11.1 Å². The summed E-state index contributed by atoms with van der Waals surface area (Å²) in [6.07, 6.45) is 0.920. The highest BCUT2D eigenvalue weighted by Gasteiger charge is 2.13. The normalized spacial score (nSPS) is 13.8. The van der Waals surface area contributed by atoms with Crippen LogP contribution in [0.25, 0.3) is 0 Å². The zero-order chi connectivity index (χ0) is 8.20. The van der Waals surface area contributed by atoms with Crippen LogP contribution in [0.15, 0.2) is 11.1 Å². The Morgan fingerprint density at radius 2 is 2.10 bits per heavy atom. The van der Waals surface area contributed by atoms with Crippen molar-refractivity contribution in [1.29, 1.82) is 0 Å². The van der Waals surface area contributed by atoms with E-state index in [0.29, 0.717) is 0 Å². The molecule has 0 aromatic rings. The first-order chi connectivity index (χ1) is 4.45. The minimum absolute atomic E-state index is 0.100. The Bertz CT molecular complexity index is 173. The van der Waals surface area contributed by atoms with Gasteiger partial charge >= 0.3 is 7.60 Å². The van der Waals surface area contributed by atoms with Gasteiger partial charge in [0, 0.05) is 10.9 Å². The summed E-state index contributed by atoms with van der Waals surface area (Å²) in [5.41, 5.74) is 0. The van der Waals surface area contributed by atoms with Crippen LogP contribution in [0.1, 0.15) is 0 Å². The molecule has 0 spiro atoms. The van der Waals surface area contributed by atoms with E-state index in [1.807, 2.05) is 0 Å². The molecule has 0 rings (SSSR count). The first kappa shape index (κ1) is 10.5. The first-order valence-corrected chi connectivity index (χ1v) is 5.12. The van der Waals surface area contributed by atoms with E-state index < -0.39 is 13.8 Å². The number of allylic oxidation sites excluding steroid dienone is 2. The monoisotopic (exact) mass is 204 g/mol. The molecule has 6 heteroatoms. The van der Waals surface area contributed by atoms with E-state index in [4.69, 9.17) is 33.0 Å². The third-order valence-corrected chi connectivity index (χ3v) is 2.04. The van der Waals surface area contributed by atoms with Crippen molar-refractivity contribution in [3.8, 4) is 0 Å². The van der Waals surface area contributed by atoms with E-state index in [1.165, 1.54) is 6.08 Å². The second-order valence-electron chi connectivity index (χ2n) is 1.63. The molecule has 10 heavy (non-hydrogen) atoms. The van der Waals surface area contributed by atoms with Crippen LogP contribution in [0.3, 0.4) is 0 Å². The van der Waals surface area contributed by atoms with Gasteiger partial charge in [-0.25, -0.2) is 0 Å². The second-order valence-corrected chi connectivity index (χ2v) is 4.07. The molecule has 0 fully saturated rings. The molecule has 0 unspecified atom stereocenters. The molecule has 3 nitrogen and oxygen atoms in total. The maximum absolute atomic E-state index is 10.2. The third-order valence-electron chi connectivity index (χ3n) is 0.656. The molecule has 0 heterocycles. The van der Waals surface area contributed by atoms with E-state index in [-0.39, 0.29) is 10.9 Å². The number of halogens is 2. The van der Waals surface area contributed by atoms with Crippen LogP contribution in [0.2, 0.25) is 0 Å². The lowest BCUT2D eigenvalue weighted by Gasteiger charge is -2.00. The Balaban J connectivity index is 3.92. The molecule has 0 aliphatic carbocycles. The quantitative estimate of drug-likeness (QED) is 0.542. The van der Waals surface area contributed by atoms with Gasteiger partial charge in [0.2, 0.25) is 0 Å². The predicted molar refractivity (Wildman–Crippen MR) is 41.6 cm³/mol. The highest BCUT2D eigenvalue weighted by Crippen LogP contribution is 2.37. The highest BCUT2D eigenvalue weighted by molar-refractivity contribution is 7.52. The fourth-order valence-electron chi connectivity index (χ4n) is 0.345. The number of hydrogen-bond donors (Lipinski definition) is 2. The third kappa shape index (κ3) is 6.59. The Kier molecular flexibility index (Phi) is 4.57. The van der Waals surface area contributed by atoms with E-state index in [0.717, 1.165) is 0 Å². The average molecular weight is 205 g/mol. The smallest absolute Gasteiger partial charge is 0.324 e. The van der Waals surface area contributed by atoms with Gasteiger partial charge in [-0.3, -0.25) is 4.57 Å². The topological polar surface area (TPSA) is 57.5 Å². The molecule has 0 aliphatic rings. The summed E-state index contributed by atoms with van der Waals surface area (Å²) >= 11 is 10.6. The van der Waals surface area contributed by atoms with Crippen LogP contribution in [0, 0.1) is 0 Å². The highest BCUT2D eigenvalue weighted by atomic mass is 35.5. The van der Waals surface area contributed by atoms with Crippen LogP contribution < -0.4 is 0 Å². The summed E-state index contributed by atoms with van der Waals surface area (Å²) in [5.74, 6) is 0.166. The molecule has 0 saturated carbocycles. The molecule has 0 aromatic carbocycles. The van der Waals surface area contributed by atoms with E-state index in [2.05, 4.69) is 0 Å². The van der Waals surface area contributed by atoms with Gasteiger partial charge in [0.15, 0.2) is 0 Å². The molecule has 0 saturated heterocycles. The van der Waals surface area contributed by atoms with Crippen molar-refractivity contribution < 1.29 is 14.4 Å². The summed E-state index contributed by atoms with van der Waals surface area (Å²) in [7, 11) is -4.01. The first-order valence-electron chi connectivity index (χ1n) is 2.41. The fraction of sp³-hybridized carbons (Fsp3) is 0.500. The van der Waals surface area contributed by atoms with Crippen LogP contribution >= 0.6 is 30.8 Å². The zero-order valence-electron chi connectivity index (χ0n) is 5.00. The van der Waals surface area contributed by atoms with Gasteiger partial charge < -0.3 is 9.79 Å². The van der Waals surface area contributed by atoms with Crippen molar-refractivity contribution in [3.63, 3.8) is 0 Å². The minimum Gasteiger partial charge on any atom is -0.324 e. The summed E-state index contributed by atoms with van der Waals surface area (Å²) < 4.78 is 10.2. The van der Waals surface area contributed by atoms with E-state index in [1.54, 1.807) is 0 Å². The van der Waals surface area contributed by atoms with Crippen molar-refractivity contribution in [1.82, 2.24) is 0 Å². The van der Waals surface area contributed by atoms with Crippen LogP contribution in [-0.2, 0) is 4.57 Å². The van der Waals surface area contributed by atoms with E-state index >= 15 is 0 Å². The average Bonchev–Trinajstić information content (AvgIpc) is 1.59. The van der Waals surface area contributed by atoms with E-state index in [9.17, 15) is 4.57 Å². The maximum atomic E-state index is 10.2. The number of hydrogen-bond acceptors (Lipinski definition) is 1. The Hall–Kier alpha value is 0.470. The molecule has 60 valence electrons. The van der Waals surface area contributed by atoms with Crippen molar-refractivity contribution in [2.24, 2.45) is 0 Å². The summed E-state index contributed by atoms with van der Waals surface area (Å²) in [6, 6.07) is 0. The Labute approximate surface area is 68.8 Å². The lowest BCUT2D eigenvalue weighted by molar-refractivity contribution is 0.376. The van der Waals surface area contributed by atoms with Gasteiger partial charge in [0.1, 0.15) is 0 Å². The molecular weight excluding hydrogens is 198 g/mol. The predicted octanol–water partition coefficient (Wildman–Crippen LogP) is 1.53. The summed E-state index contributed by atoms with van der Waals surface area (Å²) in [5, 5.41) is 0.100. The van der Waals surface area contributed by atoms with Crippen molar-refractivity contribution >= 4 is 30.8 Å². The van der Waals surface area contributed by atoms with Crippen molar-refractivity contribution in [2.75, 3.05) is 12.0 Å². The second kappa shape index (κ2) is 4.37. The molecule has 0 bridgehead atoms. The van der Waals surface area contributed by atoms with Crippen LogP contribution in [0.4, 0.5) is 0 Å². The van der Waals surface area contributed by atoms with Gasteiger partial charge in [-0.2, -0.15) is 0 Å². The lowest BCUT2D eigenvalue weighted by Crippen LogP contribution is -1.87. The largest absolute Gasteiger partial charge is 0.330 e. The maximum Gasteiger partial charge on any atom is 0.330 e. The summed E-state index contributed by atoms with van der Waals surface area (Å²) in [4.78, 5) is 16.7. The SMILES string of the molecule is O=P(O)(O)C/C(Cl)=C/CCl. The molecule has 0 aromatic heterocycles. The van der Waals surface area contributed by atoms with Crippen molar-refractivity contribution in [2.45, 2.75) is 0 Å². The Morgan fingerprint density at radius 3 is 2.40 bits per heavy atom. The summed E-state index contributed by atoms with van der Waals surface area (Å²) in [6.45, 7) is 0. The molecule has 0 aliphatic heterocycles. The molecular formula is C4H7Cl2O3P. The van der Waals surface area contributed by atoms with Gasteiger partial charge in [-0.15, -0.1) is 11.6 Å². The van der Waals surface area contributed by atoms with Gasteiger partial charge in [0.25, 0.3) is 0 Å². The lowest BCUT2D eigenvalue weighted by atomic mass is 10.6. The number of alkyl halides is 1. The minimum atomic E-state index is -4.01. The van der Waals surface area contributed by atoms with Crippen LogP contribution in [-0.4, -0.2) is 21.8 Å². The fourth-order valence-corrected chi connectivity index (χ4v) is 1.68. The Morgan fingerprint density at radius 1 is 1.60 bits per heavy atom. The van der Waals surface area contributed by atoms with Gasteiger partial charge in [0.05, 0.1) is 6.16 Å².